The SMILES string of the molecule is C[C@H](CN)C[C@H](N)c1ccc(C[C@H](NC(=O)C(=O)Nc2cc(Cl)ccc2-n2cnnn2)C(=O)Nc2ccc(C(=O)O)cc2)cc1. The first-order valence-corrected chi connectivity index (χ1v) is 14.2. The van der Waals surface area contributed by atoms with E-state index in [9.17, 15) is 19.2 Å². The van der Waals surface area contributed by atoms with Gasteiger partial charge in [-0.15, -0.1) is 5.10 Å². The molecule has 1 aromatic heterocycles. The standard InChI is InChI=1S/C30H32ClN9O5/c1-17(15-32)12-23(33)19-4-2-18(3-5-19)13-25(27(41)35-22-9-6-20(7-10-22)30(44)45)37-29(43)28(42)36-24-14-21(31)8-11-26(24)40-16-34-38-39-40/h2-11,14,16-17,23,25H,12-13,15,32-33H2,1H3,(H,35,41)(H,36,42)(H,37,43)(H,44,45)/t17-,23-,25-/m0/s1. The van der Waals surface area contributed by atoms with Gasteiger partial charge in [-0.3, -0.25) is 14.4 Å². The Morgan fingerprint density at radius 1 is 0.978 bits per heavy atom. The first-order chi connectivity index (χ1) is 21.5. The van der Waals surface area contributed by atoms with Gasteiger partial charge in [-0.2, -0.15) is 4.68 Å². The van der Waals surface area contributed by atoms with Crippen molar-refractivity contribution in [1.82, 2.24) is 25.5 Å². The largest absolute Gasteiger partial charge is 0.478 e. The molecule has 3 amide bonds. The van der Waals surface area contributed by atoms with Crippen LogP contribution in [0.2, 0.25) is 5.02 Å². The van der Waals surface area contributed by atoms with Crippen LogP contribution in [-0.4, -0.2) is 61.6 Å². The maximum absolute atomic E-state index is 13.4. The smallest absolute Gasteiger partial charge is 0.335 e. The highest BCUT2D eigenvalue weighted by atomic mass is 35.5. The summed E-state index contributed by atoms with van der Waals surface area (Å²) in [6, 6.07) is 15.9. The monoisotopic (exact) mass is 633 g/mol. The Morgan fingerprint density at radius 3 is 2.31 bits per heavy atom. The van der Waals surface area contributed by atoms with E-state index in [-0.39, 0.29) is 34.7 Å². The first kappa shape index (κ1) is 32.7. The highest BCUT2D eigenvalue weighted by Crippen LogP contribution is 2.24. The lowest BCUT2D eigenvalue weighted by molar-refractivity contribution is -0.137. The predicted molar refractivity (Wildman–Crippen MR) is 167 cm³/mol. The summed E-state index contributed by atoms with van der Waals surface area (Å²) >= 11 is 6.11. The summed E-state index contributed by atoms with van der Waals surface area (Å²) in [5, 5.41) is 28.0. The molecule has 14 nitrogen and oxygen atoms in total. The molecule has 8 N–H and O–H groups in total. The number of rotatable bonds is 12. The van der Waals surface area contributed by atoms with E-state index in [0.717, 1.165) is 5.56 Å². The first-order valence-electron chi connectivity index (χ1n) is 13.9. The van der Waals surface area contributed by atoms with Crippen molar-refractivity contribution in [2.45, 2.75) is 31.8 Å². The number of benzene rings is 3. The summed E-state index contributed by atoms with van der Waals surface area (Å²) in [7, 11) is 0. The van der Waals surface area contributed by atoms with Crippen LogP contribution in [0.15, 0.2) is 73.1 Å². The van der Waals surface area contributed by atoms with E-state index in [1.54, 1.807) is 24.3 Å². The number of amides is 3. The van der Waals surface area contributed by atoms with Crippen LogP contribution in [-0.2, 0) is 20.8 Å². The van der Waals surface area contributed by atoms with E-state index in [1.165, 1.54) is 41.3 Å². The molecule has 4 rings (SSSR count). The highest BCUT2D eigenvalue weighted by Gasteiger charge is 2.26. The molecule has 4 aromatic rings. The quantitative estimate of drug-likeness (QED) is 0.125. The molecular weight excluding hydrogens is 602 g/mol. The number of aromatic nitrogens is 4. The molecule has 0 aliphatic rings. The van der Waals surface area contributed by atoms with Gasteiger partial charge in [-0.25, -0.2) is 4.79 Å². The van der Waals surface area contributed by atoms with Crippen molar-refractivity contribution in [2.24, 2.45) is 17.4 Å². The van der Waals surface area contributed by atoms with Crippen molar-refractivity contribution in [3.8, 4) is 5.69 Å². The van der Waals surface area contributed by atoms with Crippen LogP contribution >= 0.6 is 11.6 Å². The molecule has 0 aliphatic heterocycles. The zero-order valence-corrected chi connectivity index (χ0v) is 24.9. The number of hydrogen-bond acceptors (Lipinski definition) is 9. The maximum Gasteiger partial charge on any atom is 0.335 e. The minimum Gasteiger partial charge on any atom is -0.478 e. The van der Waals surface area contributed by atoms with Crippen LogP contribution in [0, 0.1) is 5.92 Å². The van der Waals surface area contributed by atoms with E-state index >= 15 is 0 Å². The number of carbonyl (C=O) groups excluding carboxylic acids is 3. The molecule has 0 radical (unpaired) electrons. The van der Waals surface area contributed by atoms with Gasteiger partial charge in [0.25, 0.3) is 0 Å². The summed E-state index contributed by atoms with van der Waals surface area (Å²) in [6.45, 7) is 2.54. The lowest BCUT2D eigenvalue weighted by Crippen LogP contribution is -2.49. The third-order valence-electron chi connectivity index (χ3n) is 6.94. The molecule has 0 bridgehead atoms. The van der Waals surface area contributed by atoms with E-state index in [0.29, 0.717) is 29.9 Å². The second kappa shape index (κ2) is 15.0. The van der Waals surface area contributed by atoms with E-state index in [4.69, 9.17) is 28.2 Å². The molecule has 0 aliphatic carbocycles. The molecule has 0 spiro atoms. The number of halogens is 1. The van der Waals surface area contributed by atoms with E-state index in [2.05, 4.69) is 31.5 Å². The second-order valence-corrected chi connectivity index (χ2v) is 10.8. The van der Waals surface area contributed by atoms with Gasteiger partial charge in [0.1, 0.15) is 12.4 Å². The van der Waals surface area contributed by atoms with Crippen molar-refractivity contribution in [3.05, 3.63) is 94.8 Å². The minimum atomic E-state index is -1.20. The molecule has 0 saturated carbocycles. The van der Waals surface area contributed by atoms with Crippen molar-refractivity contribution in [1.29, 1.82) is 0 Å². The Hall–Kier alpha value is -5.18. The summed E-state index contributed by atoms with van der Waals surface area (Å²) in [4.78, 5) is 50.7. The molecule has 0 saturated heterocycles. The third-order valence-corrected chi connectivity index (χ3v) is 7.17. The fraction of sp³-hybridized carbons (Fsp3) is 0.233. The van der Waals surface area contributed by atoms with Crippen LogP contribution in [0.3, 0.4) is 0 Å². The number of carboxylic acids is 1. The minimum absolute atomic E-state index is 0.0276. The molecule has 15 heteroatoms. The number of nitrogens with one attached hydrogen (secondary N) is 3. The number of hydrogen-bond donors (Lipinski definition) is 6. The Kier molecular flexibility index (Phi) is 10.9. The van der Waals surface area contributed by atoms with Crippen LogP contribution in [0.5, 0.6) is 0 Å². The number of aromatic carboxylic acids is 1. The average molecular weight is 634 g/mol. The Morgan fingerprint density at radius 2 is 1.69 bits per heavy atom. The number of carboxylic acid groups (broad SMARTS) is 1. The number of anilines is 2. The normalized spacial score (nSPS) is 12.9. The summed E-state index contributed by atoms with van der Waals surface area (Å²) in [6.07, 6.45) is 2.04. The molecule has 3 atom stereocenters. The lowest BCUT2D eigenvalue weighted by atomic mass is 9.95. The van der Waals surface area contributed by atoms with Gasteiger partial charge < -0.3 is 32.5 Å². The third kappa shape index (κ3) is 8.92. The fourth-order valence-electron chi connectivity index (χ4n) is 4.42. The molecule has 0 unspecified atom stereocenters. The van der Waals surface area contributed by atoms with Gasteiger partial charge in [0.15, 0.2) is 0 Å². The zero-order chi connectivity index (χ0) is 32.5. The van der Waals surface area contributed by atoms with Crippen LogP contribution in [0.1, 0.15) is 40.9 Å². The molecule has 0 fully saturated rings. The molecule has 234 valence electrons. The number of nitrogens with zero attached hydrogens (tertiary/aromatic N) is 4. The van der Waals surface area contributed by atoms with Crippen molar-refractivity contribution in [3.63, 3.8) is 0 Å². The molecule has 3 aromatic carbocycles. The van der Waals surface area contributed by atoms with Crippen LogP contribution in [0.4, 0.5) is 11.4 Å². The number of nitrogens with two attached hydrogens (primary N) is 2. The average Bonchev–Trinajstić information content (AvgIpc) is 3.56. The van der Waals surface area contributed by atoms with Gasteiger partial charge in [0, 0.05) is 23.2 Å². The van der Waals surface area contributed by atoms with E-state index < -0.39 is 29.7 Å². The fourth-order valence-corrected chi connectivity index (χ4v) is 4.59. The maximum atomic E-state index is 13.4. The topological polar surface area (TPSA) is 220 Å². The molecule has 45 heavy (non-hydrogen) atoms. The number of tetrazole rings is 1. The van der Waals surface area contributed by atoms with Crippen molar-refractivity contribution in [2.75, 3.05) is 17.2 Å². The number of carbonyl (C=O) groups is 4. The summed E-state index contributed by atoms with van der Waals surface area (Å²) in [5.74, 6) is -3.66. The van der Waals surface area contributed by atoms with Gasteiger partial charge in [0.2, 0.25) is 5.91 Å². The Bertz CT molecular complexity index is 1650. The van der Waals surface area contributed by atoms with Gasteiger partial charge in [0.05, 0.1) is 16.9 Å². The lowest BCUT2D eigenvalue weighted by Gasteiger charge is -2.20. The Balaban J connectivity index is 1.52. The van der Waals surface area contributed by atoms with Crippen LogP contribution in [0.25, 0.3) is 5.69 Å². The van der Waals surface area contributed by atoms with Crippen molar-refractivity contribution >= 4 is 46.7 Å². The van der Waals surface area contributed by atoms with Crippen LogP contribution < -0.4 is 27.4 Å². The summed E-state index contributed by atoms with van der Waals surface area (Å²) in [5.41, 5.74) is 14.5. The highest BCUT2D eigenvalue weighted by molar-refractivity contribution is 6.40. The van der Waals surface area contributed by atoms with Gasteiger partial charge in [-0.1, -0.05) is 42.8 Å². The zero-order valence-electron chi connectivity index (χ0n) is 24.2. The van der Waals surface area contributed by atoms with Gasteiger partial charge in [-0.05, 0) is 82.9 Å². The van der Waals surface area contributed by atoms with Gasteiger partial charge >= 0.3 is 17.8 Å². The summed E-state index contributed by atoms with van der Waals surface area (Å²) < 4.78 is 1.28. The van der Waals surface area contributed by atoms with E-state index in [1.807, 2.05) is 19.1 Å². The predicted octanol–water partition coefficient (Wildman–Crippen LogP) is 2.30. The molecular formula is C30H32ClN9O5. The molecule has 1 heterocycles. The Labute approximate surface area is 263 Å². The van der Waals surface area contributed by atoms with Crippen molar-refractivity contribution < 1.29 is 24.3 Å². The second-order valence-electron chi connectivity index (χ2n) is 10.4.